The monoisotopic (exact) mass is 464 g/mol. The zero-order valence-corrected chi connectivity index (χ0v) is 19.7. The first kappa shape index (κ1) is 28.1. The van der Waals surface area contributed by atoms with Crippen LogP contribution in [0.15, 0.2) is 30.3 Å². The molecule has 0 heterocycles. The lowest BCUT2D eigenvalue weighted by atomic mass is 10.00. The van der Waals surface area contributed by atoms with E-state index in [0.29, 0.717) is 0 Å². The summed E-state index contributed by atoms with van der Waals surface area (Å²) in [5, 5.41) is 27.0. The normalized spacial score (nSPS) is 15.8. The van der Waals surface area contributed by atoms with E-state index in [1.807, 2.05) is 0 Å². The van der Waals surface area contributed by atoms with E-state index in [1.54, 1.807) is 58.0 Å². The van der Waals surface area contributed by atoms with E-state index in [1.165, 1.54) is 6.92 Å². The predicted molar refractivity (Wildman–Crippen MR) is 123 cm³/mol. The number of benzene rings is 1. The van der Waals surface area contributed by atoms with Gasteiger partial charge >= 0.3 is 5.97 Å². The molecule has 0 saturated heterocycles. The largest absolute Gasteiger partial charge is 0.480 e. The van der Waals surface area contributed by atoms with Crippen molar-refractivity contribution >= 4 is 23.7 Å². The van der Waals surface area contributed by atoms with Crippen LogP contribution in [0.3, 0.4) is 0 Å². The van der Waals surface area contributed by atoms with Gasteiger partial charge in [0.15, 0.2) is 0 Å². The lowest BCUT2D eigenvalue weighted by molar-refractivity contribution is -0.142. The molecule has 33 heavy (non-hydrogen) atoms. The van der Waals surface area contributed by atoms with Crippen molar-refractivity contribution in [1.82, 2.24) is 16.0 Å². The van der Waals surface area contributed by atoms with Crippen LogP contribution in [0.2, 0.25) is 0 Å². The number of hydrogen-bond donors (Lipinski definition) is 6. The highest BCUT2D eigenvalue weighted by molar-refractivity contribution is 5.94. The van der Waals surface area contributed by atoms with Crippen molar-refractivity contribution in [3.63, 3.8) is 0 Å². The Morgan fingerprint density at radius 1 is 0.818 bits per heavy atom. The first-order valence-corrected chi connectivity index (χ1v) is 11.0. The lowest BCUT2D eigenvalue weighted by Crippen LogP contribution is -2.61. The third-order valence-electron chi connectivity index (χ3n) is 5.23. The number of carboxylic acid groups (broad SMARTS) is 1. The molecule has 10 nitrogen and oxygen atoms in total. The Bertz CT molecular complexity index is 812. The molecule has 184 valence electrons. The summed E-state index contributed by atoms with van der Waals surface area (Å²) in [6.45, 7) is 8.19. The average Bonchev–Trinajstić information content (AvgIpc) is 2.74. The van der Waals surface area contributed by atoms with Gasteiger partial charge in [-0.2, -0.15) is 0 Å². The Labute approximate surface area is 194 Å². The van der Waals surface area contributed by atoms with Gasteiger partial charge in [0.2, 0.25) is 17.7 Å². The number of amides is 3. The number of carbonyl (C=O) groups is 4. The minimum Gasteiger partial charge on any atom is -0.480 e. The van der Waals surface area contributed by atoms with Crippen LogP contribution < -0.4 is 21.7 Å². The van der Waals surface area contributed by atoms with E-state index in [9.17, 15) is 29.4 Å². The quantitative estimate of drug-likeness (QED) is 0.248. The fourth-order valence-electron chi connectivity index (χ4n) is 3.05. The van der Waals surface area contributed by atoms with Crippen molar-refractivity contribution in [2.75, 3.05) is 0 Å². The molecule has 7 N–H and O–H groups in total. The van der Waals surface area contributed by atoms with Crippen LogP contribution in [0.1, 0.15) is 40.2 Å². The molecule has 0 fully saturated rings. The molecule has 0 aliphatic heterocycles. The van der Waals surface area contributed by atoms with Crippen molar-refractivity contribution in [1.29, 1.82) is 0 Å². The summed E-state index contributed by atoms with van der Waals surface area (Å²) >= 11 is 0. The van der Waals surface area contributed by atoms with Crippen LogP contribution >= 0.6 is 0 Å². The summed E-state index contributed by atoms with van der Waals surface area (Å²) in [7, 11) is 0. The first-order chi connectivity index (χ1) is 15.3. The number of carboxylic acids is 1. The lowest BCUT2D eigenvalue weighted by Gasteiger charge is -2.28. The van der Waals surface area contributed by atoms with Crippen molar-refractivity contribution < 1.29 is 29.4 Å². The number of carbonyl (C=O) groups excluding carboxylic acids is 3. The van der Waals surface area contributed by atoms with Crippen LogP contribution in [0, 0.1) is 11.8 Å². The molecule has 0 saturated carbocycles. The molecule has 3 amide bonds. The average molecular weight is 465 g/mol. The Morgan fingerprint density at radius 2 is 1.33 bits per heavy atom. The Kier molecular flexibility index (Phi) is 11.0. The molecule has 0 spiro atoms. The maximum absolute atomic E-state index is 12.9. The molecule has 0 aliphatic rings. The summed E-state index contributed by atoms with van der Waals surface area (Å²) in [6, 6.07) is 4.33. The second-order valence-corrected chi connectivity index (χ2v) is 8.82. The number of rotatable bonds is 12. The van der Waals surface area contributed by atoms with Gasteiger partial charge in [0.05, 0.1) is 12.1 Å². The number of aliphatic carboxylic acids is 1. The van der Waals surface area contributed by atoms with Crippen molar-refractivity contribution in [3.05, 3.63) is 35.9 Å². The summed E-state index contributed by atoms with van der Waals surface area (Å²) in [5.74, 6) is -3.87. The van der Waals surface area contributed by atoms with Gasteiger partial charge in [-0.25, -0.2) is 4.79 Å². The molecule has 10 heteroatoms. The zero-order chi connectivity index (χ0) is 25.3. The van der Waals surface area contributed by atoms with Gasteiger partial charge < -0.3 is 31.9 Å². The first-order valence-electron chi connectivity index (χ1n) is 11.0. The summed E-state index contributed by atoms with van der Waals surface area (Å²) in [5.41, 5.74) is 6.54. The Hall–Kier alpha value is -2.98. The predicted octanol–water partition coefficient (Wildman–Crippen LogP) is -0.212. The summed E-state index contributed by atoms with van der Waals surface area (Å²) in [4.78, 5) is 49.7. The van der Waals surface area contributed by atoms with Crippen LogP contribution in [0.4, 0.5) is 0 Å². The van der Waals surface area contributed by atoms with Gasteiger partial charge in [-0.05, 0) is 24.3 Å². The third-order valence-corrected chi connectivity index (χ3v) is 5.23. The fraction of sp³-hybridized carbons (Fsp3) is 0.565. The van der Waals surface area contributed by atoms with Crippen molar-refractivity contribution in [2.45, 2.75) is 71.3 Å². The molecule has 5 atom stereocenters. The molecule has 5 unspecified atom stereocenters. The number of nitrogens with two attached hydrogens (primary N) is 1. The summed E-state index contributed by atoms with van der Waals surface area (Å²) in [6.07, 6.45) is -1.19. The molecule has 1 rings (SSSR count). The standard InChI is InChI=1S/C23H36N4O6/c1-12(2)17(24)20(29)27-19(14(5)28)22(31)26-18(13(3)4)21(30)25-16(23(32)33)11-15-9-7-6-8-10-15/h6-10,12-14,16-19,28H,11,24H2,1-5H3,(H,25,30)(H,26,31)(H,27,29)(H,32,33). The van der Waals surface area contributed by atoms with Gasteiger partial charge in [0.1, 0.15) is 18.1 Å². The molecule has 1 aromatic carbocycles. The Morgan fingerprint density at radius 3 is 1.79 bits per heavy atom. The molecular formula is C23H36N4O6. The zero-order valence-electron chi connectivity index (χ0n) is 19.7. The molecule has 0 radical (unpaired) electrons. The number of hydrogen-bond acceptors (Lipinski definition) is 6. The topological polar surface area (TPSA) is 171 Å². The minimum absolute atomic E-state index is 0.0696. The molecule has 0 aliphatic carbocycles. The fourth-order valence-corrected chi connectivity index (χ4v) is 3.05. The Balaban J connectivity index is 2.94. The molecular weight excluding hydrogens is 428 g/mol. The van der Waals surface area contributed by atoms with Gasteiger partial charge in [-0.1, -0.05) is 58.0 Å². The van der Waals surface area contributed by atoms with Gasteiger partial charge in [0, 0.05) is 6.42 Å². The van der Waals surface area contributed by atoms with E-state index in [4.69, 9.17) is 5.73 Å². The molecule has 0 aromatic heterocycles. The van der Waals surface area contributed by atoms with Crippen LogP contribution in [0.25, 0.3) is 0 Å². The van der Waals surface area contributed by atoms with E-state index in [-0.39, 0.29) is 12.3 Å². The van der Waals surface area contributed by atoms with Gasteiger partial charge in [-0.3, -0.25) is 14.4 Å². The van der Waals surface area contributed by atoms with Crippen LogP contribution in [-0.2, 0) is 25.6 Å². The molecule has 1 aromatic rings. The van der Waals surface area contributed by atoms with E-state index >= 15 is 0 Å². The highest BCUT2D eigenvalue weighted by Crippen LogP contribution is 2.08. The minimum atomic E-state index is -1.34. The maximum atomic E-state index is 12.9. The van der Waals surface area contributed by atoms with Gasteiger partial charge in [-0.15, -0.1) is 0 Å². The van der Waals surface area contributed by atoms with E-state index in [2.05, 4.69) is 16.0 Å². The van der Waals surface area contributed by atoms with Crippen molar-refractivity contribution in [3.8, 4) is 0 Å². The van der Waals surface area contributed by atoms with Crippen LogP contribution in [0.5, 0.6) is 0 Å². The highest BCUT2D eigenvalue weighted by Gasteiger charge is 2.34. The smallest absolute Gasteiger partial charge is 0.326 e. The second-order valence-electron chi connectivity index (χ2n) is 8.82. The van der Waals surface area contributed by atoms with Crippen molar-refractivity contribution in [2.24, 2.45) is 17.6 Å². The van der Waals surface area contributed by atoms with E-state index < -0.39 is 59.9 Å². The molecule has 0 bridgehead atoms. The van der Waals surface area contributed by atoms with Gasteiger partial charge in [0.25, 0.3) is 0 Å². The third kappa shape index (κ3) is 8.82. The number of aliphatic hydroxyl groups is 1. The summed E-state index contributed by atoms with van der Waals surface area (Å²) < 4.78 is 0. The highest BCUT2D eigenvalue weighted by atomic mass is 16.4. The SMILES string of the molecule is CC(C)C(N)C(=O)NC(C(=O)NC(C(=O)NC(Cc1ccccc1)C(=O)O)C(C)C)C(C)O. The van der Waals surface area contributed by atoms with E-state index in [0.717, 1.165) is 5.56 Å². The van der Waals surface area contributed by atoms with Crippen LogP contribution in [-0.4, -0.2) is 64.2 Å². The maximum Gasteiger partial charge on any atom is 0.326 e. The second kappa shape index (κ2) is 12.9. The number of nitrogens with one attached hydrogen (secondary N) is 3. The number of aliphatic hydroxyl groups excluding tert-OH is 1.